The number of ether oxygens (including phenoxy) is 3. The fourth-order valence-corrected chi connectivity index (χ4v) is 4.34. The second-order valence-electron chi connectivity index (χ2n) is 8.63. The number of allylic oxidation sites excluding steroid dienone is 1. The van der Waals surface area contributed by atoms with Gasteiger partial charge in [-0.05, 0) is 65.2 Å². The first kappa shape index (κ1) is 25.3. The summed E-state index contributed by atoms with van der Waals surface area (Å²) in [6.45, 7) is 4.63. The third-order valence-corrected chi connectivity index (χ3v) is 6.29. The van der Waals surface area contributed by atoms with Crippen LogP contribution in [-0.2, 0) is 22.7 Å². The molecule has 194 valence electrons. The molecule has 1 aromatic heterocycles. The first-order valence-electron chi connectivity index (χ1n) is 12.1. The number of carbonyl (C=O) groups excluding carboxylic acids is 1. The summed E-state index contributed by atoms with van der Waals surface area (Å²) in [6, 6.07) is 21.9. The average molecular weight is 532 g/mol. The molecule has 0 saturated carbocycles. The van der Waals surface area contributed by atoms with Gasteiger partial charge in [-0.15, -0.1) is 0 Å². The fourth-order valence-electron chi connectivity index (χ4n) is 4.21. The average Bonchev–Trinajstić information content (AvgIpc) is 3.40. The highest BCUT2D eigenvalue weighted by atomic mass is 35.5. The van der Waals surface area contributed by atoms with Crippen LogP contribution in [0.5, 0.6) is 11.5 Å². The van der Waals surface area contributed by atoms with Crippen molar-refractivity contribution in [1.82, 2.24) is 20.2 Å². The summed E-state index contributed by atoms with van der Waals surface area (Å²) < 4.78 is 19.2. The van der Waals surface area contributed by atoms with E-state index in [2.05, 4.69) is 20.8 Å². The number of tetrazole rings is 1. The Morgan fingerprint density at radius 2 is 1.74 bits per heavy atom. The molecule has 1 aliphatic rings. The summed E-state index contributed by atoms with van der Waals surface area (Å²) in [5, 5.41) is 15.8. The number of anilines is 1. The predicted octanol–water partition coefficient (Wildman–Crippen LogP) is 5.34. The van der Waals surface area contributed by atoms with E-state index in [4.69, 9.17) is 25.8 Å². The molecule has 3 aromatic carbocycles. The normalized spacial score (nSPS) is 14.4. The molecule has 1 atom stereocenters. The van der Waals surface area contributed by atoms with Crippen LogP contribution in [0, 0.1) is 0 Å². The first-order chi connectivity index (χ1) is 18.5. The first-order valence-corrected chi connectivity index (χ1v) is 12.5. The number of carbonyl (C=O) groups is 1. The van der Waals surface area contributed by atoms with E-state index >= 15 is 0 Å². The van der Waals surface area contributed by atoms with E-state index in [9.17, 15) is 4.79 Å². The van der Waals surface area contributed by atoms with E-state index in [1.165, 1.54) is 0 Å². The number of hydrogen-bond donors (Lipinski definition) is 1. The minimum Gasteiger partial charge on any atom is -0.490 e. The largest absolute Gasteiger partial charge is 0.490 e. The topological polar surface area (TPSA) is 100 Å². The van der Waals surface area contributed by atoms with E-state index in [1.54, 1.807) is 11.6 Å². The Hall–Kier alpha value is -4.37. The maximum atomic E-state index is 13.4. The zero-order valence-electron chi connectivity index (χ0n) is 20.9. The van der Waals surface area contributed by atoms with Gasteiger partial charge in [-0.2, -0.15) is 4.68 Å². The second kappa shape index (κ2) is 11.4. The Kier molecular flexibility index (Phi) is 7.55. The van der Waals surface area contributed by atoms with Crippen LogP contribution >= 0.6 is 11.6 Å². The van der Waals surface area contributed by atoms with Crippen molar-refractivity contribution < 1.29 is 19.0 Å². The lowest BCUT2D eigenvalue weighted by Crippen LogP contribution is -2.29. The molecule has 0 amide bonds. The molecule has 0 bridgehead atoms. The molecule has 5 rings (SSSR count). The molecule has 2 heterocycles. The van der Waals surface area contributed by atoms with Crippen molar-refractivity contribution in [3.8, 4) is 11.5 Å². The minimum atomic E-state index is -0.631. The standard InChI is InChI=1S/C28H26ClN5O4/c1-3-36-24-15-21(11-14-23(24)37-16-20-9-12-22(29)13-10-20)26-25(18(2)30-28-31-32-33-34(26)28)27(35)38-17-19-7-5-4-6-8-19/h4-15,26H,3,16-17H2,1-2H3,(H,30,31,33). The Morgan fingerprint density at radius 1 is 0.974 bits per heavy atom. The van der Waals surface area contributed by atoms with Gasteiger partial charge >= 0.3 is 5.97 Å². The van der Waals surface area contributed by atoms with Crippen molar-refractivity contribution in [1.29, 1.82) is 0 Å². The molecule has 0 spiro atoms. The van der Waals surface area contributed by atoms with Gasteiger partial charge in [-0.1, -0.05) is 65.2 Å². The summed E-state index contributed by atoms with van der Waals surface area (Å²) in [4.78, 5) is 13.4. The van der Waals surface area contributed by atoms with Gasteiger partial charge < -0.3 is 19.5 Å². The molecule has 4 aromatic rings. The Labute approximate surface area is 225 Å². The van der Waals surface area contributed by atoms with Crippen molar-refractivity contribution in [2.24, 2.45) is 0 Å². The molecule has 1 aliphatic heterocycles. The zero-order chi connectivity index (χ0) is 26.5. The number of nitrogens with one attached hydrogen (secondary N) is 1. The fraction of sp³-hybridized carbons (Fsp3) is 0.214. The van der Waals surface area contributed by atoms with Crippen LogP contribution in [0.4, 0.5) is 5.95 Å². The summed E-state index contributed by atoms with van der Waals surface area (Å²) >= 11 is 5.99. The van der Waals surface area contributed by atoms with E-state index in [0.29, 0.717) is 47.0 Å². The second-order valence-corrected chi connectivity index (χ2v) is 9.07. The van der Waals surface area contributed by atoms with Crippen LogP contribution in [0.25, 0.3) is 0 Å². The Bertz CT molecular complexity index is 1450. The Balaban J connectivity index is 1.44. The zero-order valence-corrected chi connectivity index (χ0v) is 21.7. The van der Waals surface area contributed by atoms with Crippen molar-refractivity contribution in [2.45, 2.75) is 33.1 Å². The van der Waals surface area contributed by atoms with Gasteiger partial charge in [0.1, 0.15) is 19.3 Å². The molecular formula is C28H26ClN5O4. The summed E-state index contributed by atoms with van der Waals surface area (Å²) in [6.07, 6.45) is 0. The third-order valence-electron chi connectivity index (χ3n) is 6.04. The van der Waals surface area contributed by atoms with Crippen LogP contribution in [-0.4, -0.2) is 32.8 Å². The molecule has 1 N–H and O–H groups in total. The third kappa shape index (κ3) is 5.47. The van der Waals surface area contributed by atoms with Gasteiger partial charge in [0.15, 0.2) is 11.5 Å². The van der Waals surface area contributed by atoms with Gasteiger partial charge in [0.2, 0.25) is 5.95 Å². The quantitative estimate of drug-likeness (QED) is 0.289. The van der Waals surface area contributed by atoms with Gasteiger partial charge in [-0.25, -0.2) is 4.79 Å². The molecule has 10 heteroatoms. The van der Waals surface area contributed by atoms with Gasteiger partial charge in [0, 0.05) is 10.7 Å². The monoisotopic (exact) mass is 531 g/mol. The van der Waals surface area contributed by atoms with Crippen molar-refractivity contribution >= 4 is 23.5 Å². The summed E-state index contributed by atoms with van der Waals surface area (Å²) in [5.74, 6) is 1.08. The summed E-state index contributed by atoms with van der Waals surface area (Å²) in [5.41, 5.74) is 3.62. The maximum Gasteiger partial charge on any atom is 0.338 e. The molecule has 1 unspecified atom stereocenters. The highest BCUT2D eigenvalue weighted by Crippen LogP contribution is 2.39. The number of esters is 1. The molecule has 0 saturated heterocycles. The van der Waals surface area contributed by atoms with Crippen LogP contribution in [0.2, 0.25) is 5.02 Å². The van der Waals surface area contributed by atoms with Crippen molar-refractivity contribution in [3.63, 3.8) is 0 Å². The highest BCUT2D eigenvalue weighted by molar-refractivity contribution is 6.30. The smallest absolute Gasteiger partial charge is 0.338 e. The molecule has 0 fully saturated rings. The van der Waals surface area contributed by atoms with Crippen LogP contribution < -0.4 is 14.8 Å². The SMILES string of the molecule is CCOc1cc(C2C(C(=O)OCc3ccccc3)=C(C)Nc3nnnn32)ccc1OCc1ccc(Cl)cc1. The van der Waals surface area contributed by atoms with Gasteiger partial charge in [-0.3, -0.25) is 0 Å². The van der Waals surface area contributed by atoms with Gasteiger partial charge in [0.05, 0.1) is 12.2 Å². The lowest BCUT2D eigenvalue weighted by molar-refractivity contribution is -0.140. The lowest BCUT2D eigenvalue weighted by Gasteiger charge is -2.28. The number of rotatable bonds is 9. The van der Waals surface area contributed by atoms with Crippen LogP contribution in [0.1, 0.15) is 36.6 Å². The number of aromatic nitrogens is 4. The van der Waals surface area contributed by atoms with Crippen LogP contribution in [0.3, 0.4) is 0 Å². The predicted molar refractivity (Wildman–Crippen MR) is 142 cm³/mol. The minimum absolute atomic E-state index is 0.146. The van der Waals surface area contributed by atoms with E-state index in [-0.39, 0.29) is 6.61 Å². The number of nitrogens with zero attached hydrogens (tertiary/aromatic N) is 4. The number of halogens is 1. The van der Waals surface area contributed by atoms with Gasteiger partial charge in [0.25, 0.3) is 0 Å². The maximum absolute atomic E-state index is 13.4. The summed E-state index contributed by atoms with van der Waals surface area (Å²) in [7, 11) is 0. The molecular weight excluding hydrogens is 506 g/mol. The van der Waals surface area contributed by atoms with E-state index < -0.39 is 12.0 Å². The van der Waals surface area contributed by atoms with Crippen LogP contribution in [0.15, 0.2) is 84.1 Å². The molecule has 38 heavy (non-hydrogen) atoms. The lowest BCUT2D eigenvalue weighted by atomic mass is 9.95. The molecule has 0 radical (unpaired) electrons. The Morgan fingerprint density at radius 3 is 2.50 bits per heavy atom. The number of hydrogen-bond acceptors (Lipinski definition) is 8. The number of benzene rings is 3. The van der Waals surface area contributed by atoms with E-state index in [1.807, 2.05) is 79.7 Å². The number of fused-ring (bicyclic) bond motifs is 1. The molecule has 0 aliphatic carbocycles. The highest BCUT2D eigenvalue weighted by Gasteiger charge is 2.35. The van der Waals surface area contributed by atoms with Crippen molar-refractivity contribution in [3.05, 3.63) is 106 Å². The molecule has 9 nitrogen and oxygen atoms in total. The van der Waals surface area contributed by atoms with Crippen molar-refractivity contribution in [2.75, 3.05) is 11.9 Å². The van der Waals surface area contributed by atoms with E-state index in [0.717, 1.165) is 16.7 Å².